The Morgan fingerprint density at radius 1 is 1.47 bits per heavy atom. The van der Waals surface area contributed by atoms with E-state index < -0.39 is 0 Å². The molecule has 1 aliphatic heterocycles. The van der Waals surface area contributed by atoms with E-state index in [4.69, 9.17) is 0 Å². The fourth-order valence-electron chi connectivity index (χ4n) is 2.11. The van der Waals surface area contributed by atoms with Crippen molar-refractivity contribution in [3.05, 3.63) is 22.8 Å². The maximum Gasteiger partial charge on any atom is 0.129 e. The van der Waals surface area contributed by atoms with E-state index in [1.165, 1.54) is 19.3 Å². The van der Waals surface area contributed by atoms with E-state index >= 15 is 0 Å². The van der Waals surface area contributed by atoms with Crippen molar-refractivity contribution in [3.63, 3.8) is 0 Å². The predicted octanol–water partition coefficient (Wildman–Crippen LogP) is 2.84. The molecule has 1 saturated heterocycles. The largest absolute Gasteiger partial charge is 0.358 e. The minimum atomic E-state index is 0. The Bertz CT molecular complexity index is 342. The second-order valence-electron chi connectivity index (χ2n) is 4.35. The van der Waals surface area contributed by atoms with E-state index in [9.17, 15) is 0 Å². The van der Waals surface area contributed by atoms with Crippen molar-refractivity contribution in [2.75, 3.05) is 25.0 Å². The van der Waals surface area contributed by atoms with Crippen LogP contribution in [0.15, 0.2) is 22.8 Å². The molecule has 17 heavy (non-hydrogen) atoms. The highest BCUT2D eigenvalue weighted by molar-refractivity contribution is 9.10. The highest BCUT2D eigenvalue weighted by Gasteiger charge is 2.15. The Kier molecular flexibility index (Phi) is 6.23. The van der Waals surface area contributed by atoms with Gasteiger partial charge in [-0.1, -0.05) is 12.5 Å². The molecule has 1 unspecified atom stereocenters. The molecule has 5 heteroatoms. The first kappa shape index (κ1) is 14.7. The number of likely N-dealkylation sites (N-methyl/N-ethyl adjacent to an activating group) is 1. The van der Waals surface area contributed by atoms with Gasteiger partial charge in [0.15, 0.2) is 0 Å². The second kappa shape index (κ2) is 7.19. The normalized spacial score (nSPS) is 19.5. The third-order valence-corrected chi connectivity index (χ3v) is 3.44. The van der Waals surface area contributed by atoms with Gasteiger partial charge in [0.05, 0.1) is 0 Å². The van der Waals surface area contributed by atoms with Gasteiger partial charge in [-0.15, -0.1) is 12.4 Å². The number of nitrogens with one attached hydrogen (secondary N) is 1. The molecule has 1 aromatic rings. The summed E-state index contributed by atoms with van der Waals surface area (Å²) in [6.07, 6.45) is 3.94. The van der Waals surface area contributed by atoms with Crippen LogP contribution >= 0.6 is 28.3 Å². The molecule has 2 heterocycles. The first-order valence-electron chi connectivity index (χ1n) is 5.83. The number of hydrogen-bond acceptors (Lipinski definition) is 3. The molecule has 3 nitrogen and oxygen atoms in total. The minimum absolute atomic E-state index is 0. The number of hydrogen-bond donors (Lipinski definition) is 1. The molecule has 0 spiro atoms. The molecule has 0 aliphatic carbocycles. The van der Waals surface area contributed by atoms with Crippen LogP contribution in [-0.4, -0.2) is 31.2 Å². The van der Waals surface area contributed by atoms with Crippen molar-refractivity contribution >= 4 is 34.2 Å². The molecule has 0 radical (unpaired) electrons. The van der Waals surface area contributed by atoms with Crippen molar-refractivity contribution in [1.29, 1.82) is 0 Å². The maximum atomic E-state index is 4.45. The molecule has 1 aromatic heterocycles. The first-order chi connectivity index (χ1) is 7.75. The molecule has 2 rings (SSSR count). The lowest BCUT2D eigenvalue weighted by Crippen LogP contribution is -2.42. The summed E-state index contributed by atoms with van der Waals surface area (Å²) in [6.45, 7) is 2.19. The monoisotopic (exact) mass is 319 g/mol. The van der Waals surface area contributed by atoms with Gasteiger partial charge >= 0.3 is 0 Å². The molecule has 1 aliphatic rings. The zero-order chi connectivity index (χ0) is 11.4. The summed E-state index contributed by atoms with van der Waals surface area (Å²) < 4.78 is 0.897. The molecule has 1 fully saturated rings. The van der Waals surface area contributed by atoms with Gasteiger partial charge in [-0.25, -0.2) is 4.98 Å². The van der Waals surface area contributed by atoms with Gasteiger partial charge in [0, 0.05) is 19.6 Å². The van der Waals surface area contributed by atoms with Crippen molar-refractivity contribution < 1.29 is 0 Å². The Labute approximate surface area is 118 Å². The number of pyridine rings is 1. The van der Waals surface area contributed by atoms with Gasteiger partial charge in [0.2, 0.25) is 0 Å². The van der Waals surface area contributed by atoms with Crippen LogP contribution in [0, 0.1) is 0 Å². The molecular formula is C12H19BrClN3. The Morgan fingerprint density at radius 2 is 2.29 bits per heavy atom. The van der Waals surface area contributed by atoms with E-state index in [-0.39, 0.29) is 12.4 Å². The molecule has 96 valence electrons. The fourth-order valence-corrected chi connectivity index (χ4v) is 2.45. The number of halogens is 2. The zero-order valence-electron chi connectivity index (χ0n) is 10.0. The average molecular weight is 321 g/mol. The van der Waals surface area contributed by atoms with E-state index in [0.717, 1.165) is 23.5 Å². The van der Waals surface area contributed by atoms with Crippen LogP contribution in [0.25, 0.3) is 0 Å². The lowest BCUT2D eigenvalue weighted by atomic mass is 10.0. The van der Waals surface area contributed by atoms with Crippen molar-refractivity contribution in [3.8, 4) is 0 Å². The summed E-state index contributed by atoms with van der Waals surface area (Å²) in [7, 11) is 2.10. The molecule has 0 saturated carbocycles. The third kappa shape index (κ3) is 4.45. The topological polar surface area (TPSA) is 28.2 Å². The fraction of sp³-hybridized carbons (Fsp3) is 0.583. The summed E-state index contributed by atoms with van der Waals surface area (Å²) in [4.78, 5) is 6.67. The standard InChI is InChI=1S/C12H18BrN3.ClH/c1-16(9-10-5-2-3-8-14-10)12-7-4-6-11(13)15-12;/h4,6-7,10,14H,2-3,5,8-9H2,1H3;1H. The Hall–Kier alpha value is -0.320. The number of anilines is 1. The van der Waals surface area contributed by atoms with Crippen LogP contribution < -0.4 is 10.2 Å². The maximum absolute atomic E-state index is 4.45. The van der Waals surface area contributed by atoms with Gasteiger partial charge in [-0.3, -0.25) is 0 Å². The SMILES string of the molecule is CN(CC1CCCCN1)c1cccc(Br)n1.Cl. The van der Waals surface area contributed by atoms with Crippen molar-refractivity contribution in [2.24, 2.45) is 0 Å². The molecule has 0 amide bonds. The lowest BCUT2D eigenvalue weighted by molar-refractivity contribution is 0.403. The summed E-state index contributed by atoms with van der Waals surface area (Å²) in [5, 5.41) is 3.55. The molecule has 0 bridgehead atoms. The summed E-state index contributed by atoms with van der Waals surface area (Å²) in [6, 6.07) is 6.64. The number of rotatable bonds is 3. The number of aromatic nitrogens is 1. The van der Waals surface area contributed by atoms with Crippen molar-refractivity contribution in [1.82, 2.24) is 10.3 Å². The third-order valence-electron chi connectivity index (χ3n) is 3.00. The Morgan fingerprint density at radius 3 is 2.94 bits per heavy atom. The van der Waals surface area contributed by atoms with Crippen molar-refractivity contribution in [2.45, 2.75) is 25.3 Å². The molecule has 1 N–H and O–H groups in total. The van der Waals surface area contributed by atoms with E-state index in [2.05, 4.69) is 38.2 Å². The van der Waals surface area contributed by atoms with E-state index in [1.807, 2.05) is 18.2 Å². The number of nitrogens with zero attached hydrogens (tertiary/aromatic N) is 2. The van der Waals surface area contributed by atoms with Crippen LogP contribution in [0.5, 0.6) is 0 Å². The zero-order valence-corrected chi connectivity index (χ0v) is 12.4. The number of piperidine rings is 1. The molecule has 0 aromatic carbocycles. The Balaban J connectivity index is 0.00000144. The van der Waals surface area contributed by atoms with Crippen LogP contribution in [0.4, 0.5) is 5.82 Å². The van der Waals surface area contributed by atoms with E-state index in [0.29, 0.717) is 6.04 Å². The average Bonchev–Trinajstić information content (AvgIpc) is 2.30. The van der Waals surface area contributed by atoms with Crippen LogP contribution in [0.2, 0.25) is 0 Å². The van der Waals surface area contributed by atoms with Gasteiger partial charge < -0.3 is 10.2 Å². The molecule has 1 atom stereocenters. The highest BCUT2D eigenvalue weighted by Crippen LogP contribution is 2.15. The quantitative estimate of drug-likeness (QED) is 0.868. The molecular weight excluding hydrogens is 302 g/mol. The smallest absolute Gasteiger partial charge is 0.129 e. The minimum Gasteiger partial charge on any atom is -0.358 e. The second-order valence-corrected chi connectivity index (χ2v) is 5.16. The first-order valence-corrected chi connectivity index (χ1v) is 6.62. The lowest BCUT2D eigenvalue weighted by Gasteiger charge is -2.28. The van der Waals surface area contributed by atoms with Crippen LogP contribution in [0.3, 0.4) is 0 Å². The van der Waals surface area contributed by atoms with Gasteiger partial charge in [-0.05, 0) is 47.4 Å². The van der Waals surface area contributed by atoms with Gasteiger partial charge in [0.1, 0.15) is 10.4 Å². The van der Waals surface area contributed by atoms with E-state index in [1.54, 1.807) is 0 Å². The summed E-state index contributed by atoms with van der Waals surface area (Å²) in [5.74, 6) is 1.03. The predicted molar refractivity (Wildman–Crippen MR) is 78.1 cm³/mol. The van der Waals surface area contributed by atoms with Gasteiger partial charge in [-0.2, -0.15) is 0 Å². The van der Waals surface area contributed by atoms with Gasteiger partial charge in [0.25, 0.3) is 0 Å². The summed E-state index contributed by atoms with van der Waals surface area (Å²) in [5.41, 5.74) is 0. The van der Waals surface area contributed by atoms with Crippen LogP contribution in [-0.2, 0) is 0 Å². The highest BCUT2D eigenvalue weighted by atomic mass is 79.9. The summed E-state index contributed by atoms with van der Waals surface area (Å²) >= 11 is 3.40. The van der Waals surface area contributed by atoms with Crippen LogP contribution in [0.1, 0.15) is 19.3 Å².